The van der Waals surface area contributed by atoms with Crippen molar-refractivity contribution in [3.63, 3.8) is 0 Å². The lowest BCUT2D eigenvalue weighted by molar-refractivity contribution is -0.126. The third kappa shape index (κ3) is 4.84. The fourth-order valence-corrected chi connectivity index (χ4v) is 5.52. The average Bonchev–Trinajstić information content (AvgIpc) is 2.73. The Morgan fingerprint density at radius 1 is 1.17 bits per heavy atom. The standard InChI is InChI=1S/C23H30N2O4S/c1-16-7-12-22(17(2)14-16)18(3)24-23(26)19-6-5-13-25(15-19)30(27,28)21-10-8-20(29-4)9-11-21/h7-12,14,18-19H,5-6,13,15H2,1-4H3,(H,24,26)/t18-,19-/m1/s1. The normalized spacial score (nSPS) is 18.6. The first-order chi connectivity index (χ1) is 14.2. The van der Waals surface area contributed by atoms with E-state index < -0.39 is 10.0 Å². The average molecular weight is 431 g/mol. The maximum absolute atomic E-state index is 13.0. The Hall–Kier alpha value is -2.38. The van der Waals surface area contributed by atoms with Crippen LogP contribution in [0.25, 0.3) is 0 Å². The summed E-state index contributed by atoms with van der Waals surface area (Å²) in [6.45, 7) is 6.66. The molecule has 7 heteroatoms. The molecule has 1 N–H and O–H groups in total. The van der Waals surface area contributed by atoms with E-state index >= 15 is 0 Å². The minimum Gasteiger partial charge on any atom is -0.497 e. The molecule has 1 saturated heterocycles. The number of nitrogens with one attached hydrogen (secondary N) is 1. The van der Waals surface area contributed by atoms with Gasteiger partial charge >= 0.3 is 0 Å². The van der Waals surface area contributed by atoms with Crippen molar-refractivity contribution in [2.45, 2.75) is 44.6 Å². The van der Waals surface area contributed by atoms with E-state index in [0.717, 1.165) is 11.1 Å². The Labute approximate surface area is 179 Å². The highest BCUT2D eigenvalue weighted by Crippen LogP contribution is 2.26. The van der Waals surface area contributed by atoms with Gasteiger partial charge in [0.1, 0.15) is 5.75 Å². The van der Waals surface area contributed by atoms with Gasteiger partial charge in [-0.05, 0) is 69.0 Å². The maximum Gasteiger partial charge on any atom is 0.243 e. The molecule has 1 amide bonds. The Bertz CT molecular complexity index is 1000. The summed E-state index contributed by atoms with van der Waals surface area (Å²) in [7, 11) is -2.11. The summed E-state index contributed by atoms with van der Waals surface area (Å²) in [6, 6.07) is 12.4. The second kappa shape index (κ2) is 9.18. The molecule has 2 aromatic carbocycles. The third-order valence-corrected chi connectivity index (χ3v) is 7.58. The summed E-state index contributed by atoms with van der Waals surface area (Å²) < 4.78 is 32.6. The number of amides is 1. The molecule has 0 aliphatic carbocycles. The van der Waals surface area contributed by atoms with Crippen molar-refractivity contribution in [1.82, 2.24) is 9.62 Å². The van der Waals surface area contributed by atoms with Gasteiger partial charge in [-0.1, -0.05) is 23.8 Å². The number of piperidine rings is 1. The fourth-order valence-electron chi connectivity index (χ4n) is 3.99. The summed E-state index contributed by atoms with van der Waals surface area (Å²) in [6.07, 6.45) is 1.34. The molecule has 30 heavy (non-hydrogen) atoms. The lowest BCUT2D eigenvalue weighted by Crippen LogP contribution is -2.45. The van der Waals surface area contributed by atoms with Gasteiger partial charge < -0.3 is 10.1 Å². The van der Waals surface area contributed by atoms with Crippen LogP contribution in [0.2, 0.25) is 0 Å². The Morgan fingerprint density at radius 3 is 2.50 bits per heavy atom. The topological polar surface area (TPSA) is 75.7 Å². The van der Waals surface area contributed by atoms with Crippen molar-refractivity contribution in [2.24, 2.45) is 5.92 Å². The van der Waals surface area contributed by atoms with Crippen LogP contribution in [0.4, 0.5) is 0 Å². The van der Waals surface area contributed by atoms with Crippen molar-refractivity contribution in [2.75, 3.05) is 20.2 Å². The number of carbonyl (C=O) groups excluding carboxylic acids is 1. The first-order valence-electron chi connectivity index (χ1n) is 10.2. The van der Waals surface area contributed by atoms with Crippen LogP contribution in [0.15, 0.2) is 47.4 Å². The van der Waals surface area contributed by atoms with Crippen molar-refractivity contribution >= 4 is 15.9 Å². The molecule has 1 aliphatic rings. The molecule has 0 spiro atoms. The zero-order chi connectivity index (χ0) is 21.9. The van der Waals surface area contributed by atoms with Crippen molar-refractivity contribution < 1.29 is 17.9 Å². The number of hydrogen-bond donors (Lipinski definition) is 1. The highest BCUT2D eigenvalue weighted by Gasteiger charge is 2.33. The Balaban J connectivity index is 1.69. The molecule has 0 bridgehead atoms. The predicted octanol–water partition coefficient (Wildman–Crippen LogP) is 3.59. The van der Waals surface area contributed by atoms with Gasteiger partial charge in [-0.2, -0.15) is 4.31 Å². The van der Waals surface area contributed by atoms with Crippen LogP contribution in [0.5, 0.6) is 5.75 Å². The van der Waals surface area contributed by atoms with Gasteiger partial charge in [0.2, 0.25) is 15.9 Å². The van der Waals surface area contributed by atoms with Gasteiger partial charge in [0, 0.05) is 13.1 Å². The Kier molecular flexibility index (Phi) is 6.83. The molecule has 1 fully saturated rings. The molecule has 0 saturated carbocycles. The summed E-state index contributed by atoms with van der Waals surface area (Å²) in [5.41, 5.74) is 3.39. The van der Waals surface area contributed by atoms with E-state index in [1.807, 2.05) is 32.9 Å². The molecule has 2 atom stereocenters. The van der Waals surface area contributed by atoms with Crippen molar-refractivity contribution in [3.8, 4) is 5.75 Å². The van der Waals surface area contributed by atoms with E-state index in [1.54, 1.807) is 24.3 Å². The van der Waals surface area contributed by atoms with Gasteiger partial charge in [-0.3, -0.25) is 4.79 Å². The molecular formula is C23H30N2O4S. The molecule has 3 rings (SSSR count). The maximum atomic E-state index is 13.0. The van der Waals surface area contributed by atoms with Crippen LogP contribution < -0.4 is 10.1 Å². The number of rotatable bonds is 6. The van der Waals surface area contributed by atoms with Crippen LogP contribution in [0, 0.1) is 19.8 Å². The predicted molar refractivity (Wildman–Crippen MR) is 117 cm³/mol. The lowest BCUT2D eigenvalue weighted by atomic mass is 9.96. The molecule has 2 aromatic rings. The largest absolute Gasteiger partial charge is 0.497 e. The van der Waals surface area contributed by atoms with Crippen LogP contribution in [0.1, 0.15) is 42.5 Å². The fraction of sp³-hybridized carbons (Fsp3) is 0.435. The van der Waals surface area contributed by atoms with Gasteiger partial charge in [0.05, 0.1) is 24.0 Å². The van der Waals surface area contributed by atoms with Crippen molar-refractivity contribution in [1.29, 1.82) is 0 Å². The molecule has 1 aliphatic heterocycles. The lowest BCUT2D eigenvalue weighted by Gasteiger charge is -2.32. The van der Waals surface area contributed by atoms with E-state index in [2.05, 4.69) is 11.4 Å². The zero-order valence-corrected chi connectivity index (χ0v) is 18.8. The minimum absolute atomic E-state index is 0.0999. The Morgan fingerprint density at radius 2 is 1.87 bits per heavy atom. The first-order valence-corrected chi connectivity index (χ1v) is 11.7. The SMILES string of the molecule is COc1ccc(S(=O)(=O)N2CCC[C@@H](C(=O)N[C@H](C)c3ccc(C)cc3C)C2)cc1. The van der Waals surface area contributed by atoms with Crippen LogP contribution in [-0.4, -0.2) is 38.8 Å². The third-order valence-electron chi connectivity index (χ3n) is 5.70. The summed E-state index contributed by atoms with van der Waals surface area (Å²) in [5.74, 6) is 0.141. The molecular weight excluding hydrogens is 400 g/mol. The van der Waals surface area contributed by atoms with Gasteiger partial charge in [-0.25, -0.2) is 8.42 Å². The molecule has 0 aromatic heterocycles. The highest BCUT2D eigenvalue weighted by atomic mass is 32.2. The van der Waals surface area contributed by atoms with Crippen LogP contribution in [-0.2, 0) is 14.8 Å². The second-order valence-corrected chi connectivity index (χ2v) is 9.91. The van der Waals surface area contributed by atoms with Gasteiger partial charge in [-0.15, -0.1) is 0 Å². The molecule has 0 unspecified atom stereocenters. The van der Waals surface area contributed by atoms with E-state index in [9.17, 15) is 13.2 Å². The van der Waals surface area contributed by atoms with Gasteiger partial charge in [0.25, 0.3) is 0 Å². The van der Waals surface area contributed by atoms with Crippen molar-refractivity contribution in [3.05, 3.63) is 59.2 Å². The molecule has 0 radical (unpaired) electrons. The molecule has 1 heterocycles. The van der Waals surface area contributed by atoms with Gasteiger partial charge in [0.15, 0.2) is 0 Å². The summed E-state index contributed by atoms with van der Waals surface area (Å²) >= 11 is 0. The molecule has 162 valence electrons. The molecule has 6 nitrogen and oxygen atoms in total. The van der Waals surface area contributed by atoms with E-state index in [4.69, 9.17) is 4.74 Å². The quantitative estimate of drug-likeness (QED) is 0.760. The minimum atomic E-state index is -3.65. The highest BCUT2D eigenvalue weighted by molar-refractivity contribution is 7.89. The monoisotopic (exact) mass is 430 g/mol. The summed E-state index contributed by atoms with van der Waals surface area (Å²) in [4.78, 5) is 13.1. The number of aryl methyl sites for hydroxylation is 2. The number of benzene rings is 2. The van der Waals surface area contributed by atoms with Crippen LogP contribution >= 0.6 is 0 Å². The number of methoxy groups -OCH3 is 1. The number of sulfonamides is 1. The number of carbonyl (C=O) groups is 1. The smallest absolute Gasteiger partial charge is 0.243 e. The number of ether oxygens (including phenoxy) is 1. The number of nitrogens with zero attached hydrogens (tertiary/aromatic N) is 1. The zero-order valence-electron chi connectivity index (χ0n) is 18.0. The van der Waals surface area contributed by atoms with E-state index in [-0.39, 0.29) is 29.3 Å². The number of hydrogen-bond acceptors (Lipinski definition) is 4. The second-order valence-electron chi connectivity index (χ2n) is 7.97. The van der Waals surface area contributed by atoms with E-state index in [1.165, 1.54) is 17.0 Å². The van der Waals surface area contributed by atoms with Crippen LogP contribution in [0.3, 0.4) is 0 Å². The first kappa shape index (κ1) is 22.3. The summed E-state index contributed by atoms with van der Waals surface area (Å²) in [5, 5.41) is 3.08. The van der Waals surface area contributed by atoms with E-state index in [0.29, 0.717) is 25.1 Å².